The number of hydrogen-bond donors (Lipinski definition) is 2. The molecule has 1 aliphatic heterocycles. The Labute approximate surface area is 177 Å². The average Bonchev–Trinajstić information content (AvgIpc) is 3.25. The van der Waals surface area contributed by atoms with Crippen molar-refractivity contribution in [2.75, 3.05) is 13.1 Å². The number of halogens is 1. The molecule has 0 aromatic carbocycles. The van der Waals surface area contributed by atoms with Gasteiger partial charge in [0.25, 0.3) is 5.88 Å². The van der Waals surface area contributed by atoms with Crippen LogP contribution >= 0.6 is 0 Å². The first kappa shape index (κ1) is 19.5. The molecule has 0 bridgehead atoms. The van der Waals surface area contributed by atoms with Crippen molar-refractivity contribution in [1.29, 1.82) is 0 Å². The molecule has 5 rings (SSSR count). The molecule has 5 heterocycles. The molecule has 2 N–H and O–H groups in total. The van der Waals surface area contributed by atoms with Crippen molar-refractivity contribution in [3.63, 3.8) is 0 Å². The molecule has 1 fully saturated rings. The second-order valence-electron chi connectivity index (χ2n) is 7.38. The molecule has 4 aromatic rings. The number of pyridine rings is 2. The summed E-state index contributed by atoms with van der Waals surface area (Å²) >= 11 is 0. The Morgan fingerprint density at radius 2 is 2.19 bits per heavy atom. The lowest BCUT2D eigenvalue weighted by molar-refractivity contribution is 0.153. The van der Waals surface area contributed by atoms with E-state index in [1.54, 1.807) is 22.8 Å². The Kier molecular flexibility index (Phi) is 5.27. The minimum Gasteiger partial charge on any atom is -0.471 e. The number of aromatic nitrogens is 5. The molecular weight excluding hydrogens is 399 g/mol. The summed E-state index contributed by atoms with van der Waals surface area (Å²) in [5.74, 6) is -0.411. The molecule has 1 atom stereocenters. The summed E-state index contributed by atoms with van der Waals surface area (Å²) in [4.78, 5) is 13.0. The third-order valence-electron chi connectivity index (χ3n) is 5.27. The minimum absolute atomic E-state index is 0.0914. The van der Waals surface area contributed by atoms with Gasteiger partial charge in [0, 0.05) is 24.5 Å². The molecule has 1 aliphatic rings. The quantitative estimate of drug-likeness (QED) is 0.512. The molecule has 8 nitrogen and oxygen atoms in total. The van der Waals surface area contributed by atoms with Gasteiger partial charge in [0.15, 0.2) is 5.82 Å². The number of fused-ring (bicyclic) bond motifs is 1. The molecule has 1 saturated heterocycles. The van der Waals surface area contributed by atoms with Crippen molar-refractivity contribution < 1.29 is 14.2 Å². The highest BCUT2D eigenvalue weighted by atomic mass is 19.1. The van der Waals surface area contributed by atoms with E-state index in [9.17, 15) is 5.11 Å². The Morgan fingerprint density at radius 3 is 3.03 bits per heavy atom. The number of ether oxygens (including phenoxy) is 1. The van der Waals surface area contributed by atoms with Gasteiger partial charge in [-0.2, -0.15) is 14.5 Å². The largest absolute Gasteiger partial charge is 0.471 e. The van der Waals surface area contributed by atoms with Crippen LogP contribution in [0, 0.1) is 5.82 Å². The lowest BCUT2D eigenvalue weighted by Gasteiger charge is -2.24. The number of piperidine rings is 1. The summed E-state index contributed by atoms with van der Waals surface area (Å²) in [6, 6.07) is 8.93. The molecule has 4 aromatic heterocycles. The van der Waals surface area contributed by atoms with Crippen LogP contribution in [-0.4, -0.2) is 48.9 Å². The minimum atomic E-state index is -0.638. The third-order valence-corrected chi connectivity index (χ3v) is 5.27. The van der Waals surface area contributed by atoms with Crippen LogP contribution in [0.3, 0.4) is 0 Å². The van der Waals surface area contributed by atoms with Crippen LogP contribution in [0.25, 0.3) is 28.2 Å². The van der Waals surface area contributed by atoms with Crippen molar-refractivity contribution in [3.05, 3.63) is 60.4 Å². The van der Waals surface area contributed by atoms with Gasteiger partial charge in [-0.3, -0.25) is 4.98 Å². The number of nitrogens with one attached hydrogen (secondary N) is 1. The van der Waals surface area contributed by atoms with E-state index in [1.807, 2.05) is 24.4 Å². The molecule has 0 aliphatic carbocycles. The number of aliphatic hydroxyl groups is 1. The number of nitrogens with zero attached hydrogens (tertiary/aromatic N) is 5. The highest BCUT2D eigenvalue weighted by molar-refractivity contribution is 5.77. The highest BCUT2D eigenvalue weighted by Gasteiger charge is 2.24. The van der Waals surface area contributed by atoms with E-state index in [0.717, 1.165) is 24.9 Å². The van der Waals surface area contributed by atoms with Gasteiger partial charge in [0.05, 0.1) is 29.6 Å². The highest BCUT2D eigenvalue weighted by Crippen LogP contribution is 2.32. The fourth-order valence-corrected chi connectivity index (χ4v) is 3.71. The Balaban J connectivity index is 1.65. The average molecular weight is 420 g/mol. The first-order chi connectivity index (χ1) is 15.2. The maximum Gasteiger partial charge on any atom is 0.255 e. The second-order valence-corrected chi connectivity index (χ2v) is 7.38. The van der Waals surface area contributed by atoms with Gasteiger partial charge >= 0.3 is 0 Å². The smallest absolute Gasteiger partial charge is 0.255 e. The van der Waals surface area contributed by atoms with E-state index in [1.165, 1.54) is 6.20 Å². The molecule has 31 heavy (non-hydrogen) atoms. The SMILES string of the molecule is OCc1cc(-c2nc(-c3cnn4ccccc34)nc(O[C@@H]3CCCNC3)c2F)ccn1. The normalized spacial score (nSPS) is 16.5. The molecule has 0 amide bonds. The number of hydrogen-bond acceptors (Lipinski definition) is 7. The standard InChI is InChI=1S/C22H21FN6O2/c23-19-20(14-6-8-25-15(10-14)13-30)27-21(17-12-26-29-9-2-1-5-18(17)29)28-22(19)31-16-4-3-7-24-11-16/h1-2,5-6,8-10,12,16,24,30H,3-4,7,11,13H2/t16-/m1/s1. The summed E-state index contributed by atoms with van der Waals surface area (Å²) < 4.78 is 23.2. The van der Waals surface area contributed by atoms with Crippen molar-refractivity contribution in [2.24, 2.45) is 0 Å². The Bertz CT molecular complexity index is 1220. The Morgan fingerprint density at radius 1 is 1.26 bits per heavy atom. The van der Waals surface area contributed by atoms with Crippen LogP contribution in [0.1, 0.15) is 18.5 Å². The maximum atomic E-state index is 15.5. The fraction of sp³-hybridized carbons (Fsp3) is 0.273. The second kappa shape index (κ2) is 8.37. The lowest BCUT2D eigenvalue weighted by atomic mass is 10.1. The zero-order chi connectivity index (χ0) is 21.2. The van der Waals surface area contributed by atoms with E-state index in [2.05, 4.69) is 25.4 Å². The predicted octanol–water partition coefficient (Wildman–Crippen LogP) is 2.62. The monoisotopic (exact) mass is 420 g/mol. The topological polar surface area (TPSA) is 97.5 Å². The summed E-state index contributed by atoms with van der Waals surface area (Å²) in [6.45, 7) is 1.30. The van der Waals surface area contributed by atoms with Crippen molar-refractivity contribution >= 4 is 5.52 Å². The number of aliphatic hydroxyl groups excluding tert-OH is 1. The van der Waals surface area contributed by atoms with Crippen LogP contribution in [0.2, 0.25) is 0 Å². The van der Waals surface area contributed by atoms with Crippen LogP contribution in [-0.2, 0) is 6.61 Å². The zero-order valence-corrected chi connectivity index (χ0v) is 16.7. The van der Waals surface area contributed by atoms with Crippen molar-refractivity contribution in [3.8, 4) is 28.5 Å². The van der Waals surface area contributed by atoms with E-state index in [4.69, 9.17) is 4.74 Å². The zero-order valence-electron chi connectivity index (χ0n) is 16.7. The van der Waals surface area contributed by atoms with Crippen LogP contribution in [0.5, 0.6) is 5.88 Å². The van der Waals surface area contributed by atoms with Gasteiger partial charge in [-0.1, -0.05) is 6.07 Å². The van der Waals surface area contributed by atoms with Crippen LogP contribution in [0.4, 0.5) is 4.39 Å². The van der Waals surface area contributed by atoms with E-state index < -0.39 is 5.82 Å². The fourth-order valence-electron chi connectivity index (χ4n) is 3.71. The van der Waals surface area contributed by atoms with Gasteiger partial charge in [-0.15, -0.1) is 0 Å². The molecule has 158 valence electrons. The summed E-state index contributed by atoms with van der Waals surface area (Å²) in [6.07, 6.45) is 6.60. The molecule has 0 saturated carbocycles. The third kappa shape index (κ3) is 3.85. The van der Waals surface area contributed by atoms with Gasteiger partial charge in [-0.25, -0.2) is 9.50 Å². The Hall–Kier alpha value is -3.43. The summed E-state index contributed by atoms with van der Waals surface area (Å²) in [5, 5.41) is 17.0. The van der Waals surface area contributed by atoms with Gasteiger partial charge in [0.2, 0.25) is 5.82 Å². The first-order valence-corrected chi connectivity index (χ1v) is 10.2. The van der Waals surface area contributed by atoms with Crippen LogP contribution < -0.4 is 10.1 Å². The van der Waals surface area contributed by atoms with Crippen LogP contribution in [0.15, 0.2) is 48.9 Å². The maximum absolute atomic E-state index is 15.5. The van der Waals surface area contributed by atoms with Gasteiger partial charge in [0.1, 0.15) is 11.8 Å². The first-order valence-electron chi connectivity index (χ1n) is 10.2. The molecule has 9 heteroatoms. The van der Waals surface area contributed by atoms with Gasteiger partial charge < -0.3 is 15.2 Å². The van der Waals surface area contributed by atoms with E-state index in [-0.39, 0.29) is 24.3 Å². The predicted molar refractivity (Wildman–Crippen MR) is 112 cm³/mol. The van der Waals surface area contributed by atoms with Crippen molar-refractivity contribution in [1.82, 2.24) is 29.9 Å². The van der Waals surface area contributed by atoms with E-state index >= 15 is 4.39 Å². The molecular formula is C22H21FN6O2. The number of rotatable bonds is 5. The summed E-state index contributed by atoms with van der Waals surface area (Å²) in [5.41, 5.74) is 2.48. The lowest BCUT2D eigenvalue weighted by Crippen LogP contribution is -2.37. The molecule has 0 unspecified atom stereocenters. The molecule has 0 radical (unpaired) electrons. The van der Waals surface area contributed by atoms with Crippen molar-refractivity contribution in [2.45, 2.75) is 25.6 Å². The molecule has 0 spiro atoms. The van der Waals surface area contributed by atoms with E-state index in [0.29, 0.717) is 29.2 Å². The van der Waals surface area contributed by atoms with Gasteiger partial charge in [-0.05, 0) is 43.7 Å². The summed E-state index contributed by atoms with van der Waals surface area (Å²) in [7, 11) is 0.